The number of guanidine groups is 1. The van der Waals surface area contributed by atoms with Gasteiger partial charge in [-0.1, -0.05) is 13.8 Å². The monoisotopic (exact) mass is 454 g/mol. The Kier molecular flexibility index (Phi) is 10.9. The second-order valence-electron chi connectivity index (χ2n) is 6.72. The van der Waals surface area contributed by atoms with Crippen LogP contribution >= 0.6 is 35.7 Å². The van der Waals surface area contributed by atoms with Gasteiger partial charge in [-0.05, 0) is 44.7 Å². The van der Waals surface area contributed by atoms with Crippen molar-refractivity contribution in [3.05, 3.63) is 0 Å². The van der Waals surface area contributed by atoms with E-state index in [1.165, 1.54) is 51.1 Å². The van der Waals surface area contributed by atoms with Gasteiger partial charge in [0.05, 0.1) is 0 Å². The third kappa shape index (κ3) is 7.38. The normalized spacial score (nSPS) is 26.7. The van der Waals surface area contributed by atoms with Gasteiger partial charge in [0, 0.05) is 44.2 Å². The minimum absolute atomic E-state index is 0. The number of likely N-dealkylation sites (tertiary alicyclic amines) is 1. The molecular weight excluding hydrogens is 419 g/mol. The predicted molar refractivity (Wildman–Crippen MR) is 114 cm³/mol. The van der Waals surface area contributed by atoms with Crippen LogP contribution in [0.5, 0.6) is 0 Å². The fourth-order valence-electron chi connectivity index (χ4n) is 3.48. The molecule has 0 spiro atoms. The van der Waals surface area contributed by atoms with Gasteiger partial charge in [0.2, 0.25) is 0 Å². The number of thioether (sulfide) groups is 1. The summed E-state index contributed by atoms with van der Waals surface area (Å²) in [5.41, 5.74) is 0. The second-order valence-corrected chi connectivity index (χ2v) is 8.13. The molecule has 23 heavy (non-hydrogen) atoms. The minimum atomic E-state index is 0. The molecule has 0 aliphatic carbocycles. The summed E-state index contributed by atoms with van der Waals surface area (Å²) in [6.45, 7) is 11.8. The molecule has 0 aromatic carbocycles. The Morgan fingerprint density at radius 2 is 2.13 bits per heavy atom. The Labute approximate surface area is 164 Å². The summed E-state index contributed by atoms with van der Waals surface area (Å²) < 4.78 is 0. The number of nitrogens with zero attached hydrogens (tertiary/aromatic N) is 3. The molecule has 0 saturated carbocycles. The SMILES string of the molecule is CCC1CN(C(=NC)NCCCN2CCCC(C)C2)CCS1.I. The van der Waals surface area contributed by atoms with Crippen molar-refractivity contribution in [1.29, 1.82) is 0 Å². The molecule has 0 aromatic heterocycles. The van der Waals surface area contributed by atoms with Gasteiger partial charge in [-0.25, -0.2) is 0 Å². The number of nitrogens with one attached hydrogen (secondary N) is 1. The number of hydrogen-bond acceptors (Lipinski definition) is 3. The maximum atomic E-state index is 4.49. The quantitative estimate of drug-likeness (QED) is 0.299. The highest BCUT2D eigenvalue weighted by Gasteiger charge is 2.21. The standard InChI is InChI=1S/C17H34N4S.HI/c1-4-16-14-21(11-12-22-16)17(18-3)19-8-6-10-20-9-5-7-15(2)13-20;/h15-16H,4-14H2,1-3H3,(H,18,19);1H. The van der Waals surface area contributed by atoms with Crippen molar-refractivity contribution in [2.75, 3.05) is 52.1 Å². The molecule has 0 bridgehead atoms. The summed E-state index contributed by atoms with van der Waals surface area (Å²) >= 11 is 2.11. The van der Waals surface area contributed by atoms with Crippen LogP contribution in [0, 0.1) is 5.92 Å². The maximum absolute atomic E-state index is 4.49. The molecule has 2 unspecified atom stereocenters. The van der Waals surface area contributed by atoms with Crippen molar-refractivity contribution in [1.82, 2.24) is 15.1 Å². The van der Waals surface area contributed by atoms with Crippen molar-refractivity contribution >= 4 is 41.7 Å². The topological polar surface area (TPSA) is 30.9 Å². The lowest BCUT2D eigenvalue weighted by atomic mass is 10.0. The third-order valence-corrected chi connectivity index (χ3v) is 6.15. The average Bonchev–Trinajstić information content (AvgIpc) is 2.55. The third-order valence-electron chi connectivity index (χ3n) is 4.78. The first-order valence-corrected chi connectivity index (χ1v) is 10.1. The first-order chi connectivity index (χ1) is 10.7. The van der Waals surface area contributed by atoms with Gasteiger partial charge in [0.1, 0.15) is 0 Å². The molecule has 0 radical (unpaired) electrons. The lowest BCUT2D eigenvalue weighted by Crippen LogP contribution is -2.48. The Balaban J connectivity index is 0.00000264. The fourth-order valence-corrected chi connectivity index (χ4v) is 4.66. The summed E-state index contributed by atoms with van der Waals surface area (Å²) in [6, 6.07) is 0. The van der Waals surface area contributed by atoms with E-state index in [2.05, 4.69) is 45.7 Å². The molecule has 2 heterocycles. The number of aliphatic imine (C=N–C) groups is 1. The molecule has 4 nitrogen and oxygen atoms in total. The van der Waals surface area contributed by atoms with Crippen LogP contribution in [0.2, 0.25) is 0 Å². The molecule has 2 atom stereocenters. The van der Waals surface area contributed by atoms with Gasteiger partial charge in [-0.15, -0.1) is 24.0 Å². The predicted octanol–water partition coefficient (Wildman–Crippen LogP) is 3.13. The molecule has 2 aliphatic heterocycles. The summed E-state index contributed by atoms with van der Waals surface area (Å²) in [5.74, 6) is 3.21. The molecule has 2 rings (SSSR count). The van der Waals surface area contributed by atoms with Gasteiger partial charge >= 0.3 is 0 Å². The average molecular weight is 454 g/mol. The molecule has 2 saturated heterocycles. The Hall–Kier alpha value is 0.310. The highest BCUT2D eigenvalue weighted by atomic mass is 127. The van der Waals surface area contributed by atoms with E-state index in [0.29, 0.717) is 0 Å². The summed E-state index contributed by atoms with van der Waals surface area (Å²) in [6.07, 6.45) is 5.25. The lowest BCUT2D eigenvalue weighted by molar-refractivity contribution is 0.182. The number of hydrogen-bond donors (Lipinski definition) is 1. The molecule has 1 N–H and O–H groups in total. The van der Waals surface area contributed by atoms with E-state index in [1.807, 2.05) is 7.05 Å². The second kappa shape index (κ2) is 11.8. The van der Waals surface area contributed by atoms with E-state index in [9.17, 15) is 0 Å². The van der Waals surface area contributed by atoms with Crippen LogP contribution in [0.3, 0.4) is 0 Å². The summed E-state index contributed by atoms with van der Waals surface area (Å²) in [5, 5.41) is 4.34. The van der Waals surface area contributed by atoms with Gasteiger partial charge in [-0.2, -0.15) is 11.8 Å². The van der Waals surface area contributed by atoms with Crippen LogP contribution in [0.4, 0.5) is 0 Å². The Morgan fingerprint density at radius 3 is 2.83 bits per heavy atom. The first kappa shape index (κ1) is 21.4. The molecular formula is C17H35IN4S. The highest BCUT2D eigenvalue weighted by Crippen LogP contribution is 2.21. The zero-order valence-electron chi connectivity index (χ0n) is 15.1. The van der Waals surface area contributed by atoms with Crippen molar-refractivity contribution < 1.29 is 0 Å². The van der Waals surface area contributed by atoms with Crippen molar-refractivity contribution in [3.8, 4) is 0 Å². The zero-order chi connectivity index (χ0) is 15.8. The molecule has 0 amide bonds. The van der Waals surface area contributed by atoms with Crippen molar-refractivity contribution in [2.45, 2.75) is 44.8 Å². The van der Waals surface area contributed by atoms with Crippen molar-refractivity contribution in [2.24, 2.45) is 10.9 Å². The van der Waals surface area contributed by atoms with Crippen LogP contribution in [-0.2, 0) is 0 Å². The molecule has 6 heteroatoms. The summed E-state index contributed by atoms with van der Waals surface area (Å²) in [4.78, 5) is 9.55. The maximum Gasteiger partial charge on any atom is 0.193 e. The van der Waals surface area contributed by atoms with E-state index >= 15 is 0 Å². The van der Waals surface area contributed by atoms with E-state index in [1.54, 1.807) is 0 Å². The van der Waals surface area contributed by atoms with E-state index in [4.69, 9.17) is 0 Å². The molecule has 0 aromatic rings. The number of piperidine rings is 1. The van der Waals surface area contributed by atoms with Gasteiger partial charge in [0.25, 0.3) is 0 Å². The van der Waals surface area contributed by atoms with Gasteiger partial charge < -0.3 is 15.1 Å². The number of rotatable bonds is 5. The Bertz CT molecular complexity index is 353. The molecule has 136 valence electrons. The largest absolute Gasteiger partial charge is 0.356 e. The molecule has 2 fully saturated rings. The van der Waals surface area contributed by atoms with Crippen molar-refractivity contribution in [3.63, 3.8) is 0 Å². The zero-order valence-corrected chi connectivity index (χ0v) is 18.2. The summed E-state index contributed by atoms with van der Waals surface area (Å²) in [7, 11) is 1.91. The van der Waals surface area contributed by atoms with Crippen LogP contribution in [0.15, 0.2) is 4.99 Å². The fraction of sp³-hybridized carbons (Fsp3) is 0.941. The highest BCUT2D eigenvalue weighted by molar-refractivity contribution is 14.0. The van der Waals surface area contributed by atoms with E-state index in [0.717, 1.165) is 36.8 Å². The van der Waals surface area contributed by atoms with E-state index < -0.39 is 0 Å². The van der Waals surface area contributed by atoms with Crippen LogP contribution in [-0.4, -0.2) is 73.1 Å². The minimum Gasteiger partial charge on any atom is -0.356 e. The Morgan fingerprint density at radius 1 is 1.30 bits per heavy atom. The van der Waals surface area contributed by atoms with Crippen LogP contribution in [0.25, 0.3) is 0 Å². The van der Waals surface area contributed by atoms with Gasteiger partial charge in [0.15, 0.2) is 5.96 Å². The smallest absolute Gasteiger partial charge is 0.193 e. The first-order valence-electron chi connectivity index (χ1n) is 9.02. The van der Waals surface area contributed by atoms with E-state index in [-0.39, 0.29) is 24.0 Å². The number of halogens is 1. The van der Waals surface area contributed by atoms with Gasteiger partial charge in [-0.3, -0.25) is 4.99 Å². The van der Waals surface area contributed by atoms with Crippen LogP contribution in [0.1, 0.15) is 39.5 Å². The molecule has 2 aliphatic rings. The van der Waals surface area contributed by atoms with Crippen LogP contribution < -0.4 is 5.32 Å². The lowest BCUT2D eigenvalue weighted by Gasteiger charge is -2.34.